The lowest BCUT2D eigenvalue weighted by Crippen LogP contribution is -2.35. The maximum absolute atomic E-state index is 13.0. The van der Waals surface area contributed by atoms with Crippen molar-refractivity contribution in [3.05, 3.63) is 58.7 Å². The fourth-order valence-electron chi connectivity index (χ4n) is 3.52. The molecule has 2 aromatic rings. The Labute approximate surface area is 184 Å². The minimum Gasteiger partial charge on any atom is -0.493 e. The van der Waals surface area contributed by atoms with E-state index in [-0.39, 0.29) is 11.5 Å². The zero-order chi connectivity index (χ0) is 22.5. The minimum absolute atomic E-state index is 0.0927. The monoisotopic (exact) mass is 421 g/mol. The quantitative estimate of drug-likeness (QED) is 0.507. The third-order valence-corrected chi connectivity index (χ3v) is 5.53. The predicted octanol–water partition coefficient (Wildman–Crippen LogP) is 4.40. The fraction of sp³-hybridized carbons (Fsp3) is 0.360. The molecule has 0 radical (unpaired) electrons. The van der Waals surface area contributed by atoms with E-state index in [1.54, 1.807) is 6.08 Å². The van der Waals surface area contributed by atoms with Crippen molar-refractivity contribution >= 4 is 29.3 Å². The van der Waals surface area contributed by atoms with Crippen molar-refractivity contribution in [1.29, 1.82) is 0 Å². The van der Waals surface area contributed by atoms with Crippen molar-refractivity contribution in [1.82, 2.24) is 5.43 Å². The summed E-state index contributed by atoms with van der Waals surface area (Å²) in [5.41, 5.74) is 7.36. The molecule has 0 bridgehead atoms. The number of aryl methyl sites for hydroxylation is 2. The molecule has 31 heavy (non-hydrogen) atoms. The SMILES string of the molecule is CCCOc1cc(N(CC)CC)ccc1/C=C1\C(=O)NN(c2ccc(C)c(C)c2)C1=O. The molecule has 0 saturated carbocycles. The molecule has 1 aliphatic rings. The molecule has 1 heterocycles. The lowest BCUT2D eigenvalue weighted by molar-refractivity contribution is -0.117. The van der Waals surface area contributed by atoms with E-state index in [4.69, 9.17) is 4.74 Å². The molecule has 1 N–H and O–H groups in total. The number of carbonyl (C=O) groups is 2. The molecule has 164 valence electrons. The highest BCUT2D eigenvalue weighted by atomic mass is 16.5. The van der Waals surface area contributed by atoms with E-state index in [0.717, 1.165) is 36.3 Å². The predicted molar refractivity (Wildman–Crippen MR) is 125 cm³/mol. The van der Waals surface area contributed by atoms with E-state index in [1.165, 1.54) is 5.01 Å². The van der Waals surface area contributed by atoms with Crippen LogP contribution >= 0.6 is 0 Å². The lowest BCUT2D eigenvalue weighted by atomic mass is 10.1. The second-order valence-electron chi connectivity index (χ2n) is 7.65. The molecule has 0 atom stereocenters. The zero-order valence-electron chi connectivity index (χ0n) is 19.0. The number of ether oxygens (including phenoxy) is 1. The third kappa shape index (κ3) is 4.74. The van der Waals surface area contributed by atoms with E-state index < -0.39 is 5.91 Å². The summed E-state index contributed by atoms with van der Waals surface area (Å²) in [4.78, 5) is 27.9. The summed E-state index contributed by atoms with van der Waals surface area (Å²) in [7, 11) is 0. The van der Waals surface area contributed by atoms with Crippen LogP contribution in [0.2, 0.25) is 0 Å². The molecule has 2 aromatic carbocycles. The zero-order valence-corrected chi connectivity index (χ0v) is 19.0. The Balaban J connectivity index is 1.96. The van der Waals surface area contributed by atoms with Gasteiger partial charge in [-0.05, 0) is 75.6 Å². The molecular formula is C25H31N3O3. The largest absolute Gasteiger partial charge is 0.493 e. The van der Waals surface area contributed by atoms with Gasteiger partial charge in [0.2, 0.25) is 0 Å². The molecule has 3 rings (SSSR count). The summed E-state index contributed by atoms with van der Waals surface area (Å²) in [5, 5.41) is 1.30. The second kappa shape index (κ2) is 9.69. The number of anilines is 2. The first-order valence-corrected chi connectivity index (χ1v) is 10.9. The van der Waals surface area contributed by atoms with Crippen LogP contribution in [0.25, 0.3) is 6.08 Å². The number of carbonyl (C=O) groups excluding carboxylic acids is 2. The summed E-state index contributed by atoms with van der Waals surface area (Å²) in [6.45, 7) is 12.6. The van der Waals surface area contributed by atoms with E-state index in [9.17, 15) is 9.59 Å². The van der Waals surface area contributed by atoms with Crippen LogP contribution in [-0.2, 0) is 9.59 Å². The second-order valence-corrected chi connectivity index (χ2v) is 7.65. The molecule has 0 unspecified atom stereocenters. The van der Waals surface area contributed by atoms with Crippen LogP contribution in [0.4, 0.5) is 11.4 Å². The number of hydrazine groups is 1. The van der Waals surface area contributed by atoms with Gasteiger partial charge in [0.15, 0.2) is 0 Å². The molecular weight excluding hydrogens is 390 g/mol. The molecule has 0 spiro atoms. The smallest absolute Gasteiger partial charge is 0.282 e. The Bertz CT molecular complexity index is 1010. The molecule has 6 nitrogen and oxygen atoms in total. The van der Waals surface area contributed by atoms with Crippen LogP contribution in [0, 0.1) is 13.8 Å². The number of rotatable bonds is 8. The first kappa shape index (κ1) is 22.4. The molecule has 6 heteroatoms. The van der Waals surface area contributed by atoms with Crippen molar-refractivity contribution in [3.8, 4) is 5.75 Å². The summed E-state index contributed by atoms with van der Waals surface area (Å²) in [6.07, 6.45) is 2.49. The Morgan fingerprint density at radius 1 is 1.00 bits per heavy atom. The molecule has 0 aliphatic carbocycles. The number of hydrogen-bond donors (Lipinski definition) is 1. The van der Waals surface area contributed by atoms with Gasteiger partial charge in [-0.15, -0.1) is 0 Å². The van der Waals surface area contributed by atoms with E-state index in [1.807, 2.05) is 57.2 Å². The normalized spacial score (nSPS) is 14.9. The molecule has 0 aromatic heterocycles. The summed E-state index contributed by atoms with van der Waals surface area (Å²) in [5.74, 6) is -0.121. The van der Waals surface area contributed by atoms with Crippen LogP contribution in [0.5, 0.6) is 5.75 Å². The summed E-state index contributed by atoms with van der Waals surface area (Å²) < 4.78 is 5.96. The van der Waals surface area contributed by atoms with E-state index in [2.05, 4.69) is 24.2 Å². The lowest BCUT2D eigenvalue weighted by Gasteiger charge is -2.22. The van der Waals surface area contributed by atoms with Gasteiger partial charge in [0.25, 0.3) is 11.8 Å². The van der Waals surface area contributed by atoms with Crippen molar-refractivity contribution < 1.29 is 14.3 Å². The van der Waals surface area contributed by atoms with Crippen molar-refractivity contribution in [2.75, 3.05) is 29.6 Å². The van der Waals surface area contributed by atoms with Crippen LogP contribution in [-0.4, -0.2) is 31.5 Å². The maximum atomic E-state index is 13.0. The van der Waals surface area contributed by atoms with Gasteiger partial charge in [-0.2, -0.15) is 0 Å². The topological polar surface area (TPSA) is 61.9 Å². The fourth-order valence-corrected chi connectivity index (χ4v) is 3.52. The number of nitrogens with zero attached hydrogens (tertiary/aromatic N) is 2. The first-order valence-electron chi connectivity index (χ1n) is 10.9. The summed E-state index contributed by atoms with van der Waals surface area (Å²) in [6, 6.07) is 11.5. The standard InChI is InChI=1S/C25H31N3O3/c1-6-13-31-23-16-20(27(7-2)8-3)12-10-19(23)15-22-24(29)26-28(25(22)30)21-11-9-17(4)18(5)14-21/h9-12,14-16H,6-8,13H2,1-5H3,(H,26,29)/b22-15+. The Morgan fingerprint density at radius 2 is 1.74 bits per heavy atom. The van der Waals surface area contributed by atoms with Gasteiger partial charge >= 0.3 is 0 Å². The van der Waals surface area contributed by atoms with Crippen molar-refractivity contribution in [2.45, 2.75) is 41.0 Å². The van der Waals surface area contributed by atoms with Gasteiger partial charge < -0.3 is 9.64 Å². The molecule has 1 fully saturated rings. The Morgan fingerprint density at radius 3 is 2.39 bits per heavy atom. The summed E-state index contributed by atoms with van der Waals surface area (Å²) >= 11 is 0. The number of nitrogens with one attached hydrogen (secondary N) is 1. The van der Waals surface area contributed by atoms with Gasteiger partial charge in [0, 0.05) is 30.4 Å². The van der Waals surface area contributed by atoms with Crippen LogP contribution in [0.15, 0.2) is 42.0 Å². The van der Waals surface area contributed by atoms with Gasteiger partial charge in [0.1, 0.15) is 11.3 Å². The van der Waals surface area contributed by atoms with Gasteiger partial charge in [-0.1, -0.05) is 13.0 Å². The van der Waals surface area contributed by atoms with E-state index in [0.29, 0.717) is 23.6 Å². The van der Waals surface area contributed by atoms with Gasteiger partial charge in [-0.25, -0.2) is 5.01 Å². The third-order valence-electron chi connectivity index (χ3n) is 5.53. The average molecular weight is 422 g/mol. The van der Waals surface area contributed by atoms with Gasteiger partial charge in [0.05, 0.1) is 12.3 Å². The molecule has 1 aliphatic heterocycles. The first-order chi connectivity index (χ1) is 14.9. The average Bonchev–Trinajstić information content (AvgIpc) is 3.04. The van der Waals surface area contributed by atoms with Crippen molar-refractivity contribution in [2.24, 2.45) is 0 Å². The van der Waals surface area contributed by atoms with E-state index >= 15 is 0 Å². The van der Waals surface area contributed by atoms with Crippen LogP contribution in [0.3, 0.4) is 0 Å². The number of hydrogen-bond acceptors (Lipinski definition) is 4. The Hall–Kier alpha value is -3.28. The number of amides is 2. The molecule has 2 amide bonds. The van der Waals surface area contributed by atoms with Gasteiger partial charge in [-0.3, -0.25) is 15.0 Å². The highest BCUT2D eigenvalue weighted by molar-refractivity contribution is 6.31. The van der Waals surface area contributed by atoms with Crippen LogP contribution in [0.1, 0.15) is 43.9 Å². The Kier molecular flexibility index (Phi) is 7.00. The highest BCUT2D eigenvalue weighted by Gasteiger charge is 2.34. The highest BCUT2D eigenvalue weighted by Crippen LogP contribution is 2.30. The minimum atomic E-state index is -0.419. The molecule has 1 saturated heterocycles. The maximum Gasteiger partial charge on any atom is 0.282 e. The van der Waals surface area contributed by atoms with Crippen LogP contribution < -0.4 is 20.1 Å². The number of benzene rings is 2. The van der Waals surface area contributed by atoms with Crippen molar-refractivity contribution in [3.63, 3.8) is 0 Å².